The molecule has 0 saturated heterocycles. The minimum absolute atomic E-state index is 0.0475. The fourth-order valence-corrected chi connectivity index (χ4v) is 3.68. The third-order valence-corrected chi connectivity index (χ3v) is 5.16. The summed E-state index contributed by atoms with van der Waals surface area (Å²) in [7, 11) is 0. The summed E-state index contributed by atoms with van der Waals surface area (Å²) in [6.07, 6.45) is 3.74. The first-order valence-corrected chi connectivity index (χ1v) is 9.67. The third-order valence-electron chi connectivity index (χ3n) is 4.60. The van der Waals surface area contributed by atoms with Gasteiger partial charge in [0.15, 0.2) is 0 Å². The first-order valence-electron chi connectivity index (χ1n) is 8.91. The van der Waals surface area contributed by atoms with Crippen LogP contribution in [-0.2, 0) is 11.3 Å². The van der Waals surface area contributed by atoms with E-state index in [1.807, 2.05) is 78.9 Å². The largest absolute Gasteiger partial charge is 0.303 e. The Balaban J connectivity index is 1.75. The number of rotatable bonds is 4. The van der Waals surface area contributed by atoms with E-state index in [2.05, 4.69) is 0 Å². The molecule has 0 bridgehead atoms. The van der Waals surface area contributed by atoms with Crippen molar-refractivity contribution in [2.75, 3.05) is 0 Å². The van der Waals surface area contributed by atoms with Gasteiger partial charge in [0.05, 0.1) is 12.2 Å². The van der Waals surface area contributed by atoms with Gasteiger partial charge in [0.1, 0.15) is 0 Å². The molecular weight excluding hydrogens is 389 g/mol. The molecule has 0 unspecified atom stereocenters. The van der Waals surface area contributed by atoms with Crippen molar-refractivity contribution < 1.29 is 4.79 Å². The summed E-state index contributed by atoms with van der Waals surface area (Å²) in [5.74, 6) is -0.0475. The Bertz CT molecular complexity index is 1070. The van der Waals surface area contributed by atoms with Gasteiger partial charge in [0.2, 0.25) is 0 Å². The molecular formula is C24H17Cl2NO. The van der Waals surface area contributed by atoms with Crippen LogP contribution in [0.4, 0.5) is 0 Å². The number of halogens is 2. The zero-order valence-corrected chi connectivity index (χ0v) is 16.5. The molecule has 0 N–H and O–H groups in total. The second-order valence-electron chi connectivity index (χ2n) is 6.54. The first kappa shape index (κ1) is 18.5. The van der Waals surface area contributed by atoms with Gasteiger partial charge in [-0.15, -0.1) is 0 Å². The van der Waals surface area contributed by atoms with E-state index in [1.165, 1.54) is 0 Å². The average Bonchev–Trinajstić information content (AvgIpc) is 3.01. The van der Waals surface area contributed by atoms with Crippen LogP contribution in [-0.4, -0.2) is 10.8 Å². The van der Waals surface area contributed by atoms with E-state index < -0.39 is 0 Å². The maximum absolute atomic E-state index is 13.2. The monoisotopic (exact) mass is 405 g/mol. The summed E-state index contributed by atoms with van der Waals surface area (Å²) in [5, 5.41) is 1.08. The first-order chi connectivity index (χ1) is 13.6. The normalized spacial score (nSPS) is 15.2. The fraction of sp³-hybridized carbons (Fsp3) is 0.0417. The Hall–Kier alpha value is -2.81. The van der Waals surface area contributed by atoms with Gasteiger partial charge < -0.3 is 4.90 Å². The Morgan fingerprint density at radius 3 is 2.21 bits per heavy atom. The fourth-order valence-electron chi connectivity index (χ4n) is 3.21. The predicted octanol–water partition coefficient (Wildman–Crippen LogP) is 6.46. The van der Waals surface area contributed by atoms with Crippen molar-refractivity contribution in [2.24, 2.45) is 0 Å². The molecule has 0 atom stereocenters. The predicted molar refractivity (Wildman–Crippen MR) is 116 cm³/mol. The summed E-state index contributed by atoms with van der Waals surface area (Å²) in [6.45, 7) is 0.506. The maximum Gasteiger partial charge on any atom is 0.258 e. The molecule has 0 spiro atoms. The Labute approximate surface area is 174 Å². The Morgan fingerprint density at radius 2 is 1.54 bits per heavy atom. The third kappa shape index (κ3) is 3.89. The summed E-state index contributed by atoms with van der Waals surface area (Å²) >= 11 is 12.3. The number of carbonyl (C=O) groups is 1. The van der Waals surface area contributed by atoms with E-state index >= 15 is 0 Å². The van der Waals surface area contributed by atoms with Crippen LogP contribution >= 0.6 is 23.2 Å². The summed E-state index contributed by atoms with van der Waals surface area (Å²) < 4.78 is 0. The Morgan fingerprint density at radius 1 is 0.857 bits per heavy atom. The molecule has 3 aromatic rings. The minimum Gasteiger partial charge on any atom is -0.303 e. The smallest absolute Gasteiger partial charge is 0.258 e. The van der Waals surface area contributed by atoms with Crippen molar-refractivity contribution in [1.29, 1.82) is 0 Å². The molecule has 1 heterocycles. The lowest BCUT2D eigenvalue weighted by Crippen LogP contribution is -2.25. The van der Waals surface area contributed by atoms with E-state index in [0.717, 1.165) is 22.4 Å². The maximum atomic E-state index is 13.2. The van der Waals surface area contributed by atoms with E-state index in [4.69, 9.17) is 23.2 Å². The molecule has 2 nitrogen and oxygen atoms in total. The van der Waals surface area contributed by atoms with Gasteiger partial charge in [-0.25, -0.2) is 0 Å². The molecule has 0 radical (unpaired) electrons. The number of benzene rings is 3. The van der Waals surface area contributed by atoms with Crippen LogP contribution in [0.25, 0.3) is 11.8 Å². The van der Waals surface area contributed by atoms with Gasteiger partial charge in [-0.2, -0.15) is 0 Å². The van der Waals surface area contributed by atoms with E-state index in [0.29, 0.717) is 22.2 Å². The molecule has 0 aliphatic carbocycles. The lowest BCUT2D eigenvalue weighted by molar-refractivity contribution is -0.123. The second-order valence-corrected chi connectivity index (χ2v) is 7.38. The molecule has 4 heteroatoms. The van der Waals surface area contributed by atoms with Crippen LogP contribution in [0.1, 0.15) is 16.7 Å². The topological polar surface area (TPSA) is 20.3 Å². The van der Waals surface area contributed by atoms with Crippen molar-refractivity contribution in [2.45, 2.75) is 6.54 Å². The van der Waals surface area contributed by atoms with Gasteiger partial charge >= 0.3 is 0 Å². The molecule has 4 rings (SSSR count). The highest BCUT2D eigenvalue weighted by atomic mass is 35.5. The number of hydrogen-bond acceptors (Lipinski definition) is 1. The number of amides is 1. The average molecular weight is 406 g/mol. The van der Waals surface area contributed by atoms with Crippen LogP contribution in [0, 0.1) is 0 Å². The van der Waals surface area contributed by atoms with Gasteiger partial charge in [-0.05, 0) is 41.0 Å². The van der Waals surface area contributed by atoms with E-state index in [-0.39, 0.29) is 5.91 Å². The SMILES string of the molecule is O=C1/C(=C/c2ccc(Cl)cc2Cl)C=C(c2ccccc2)N1Cc1ccccc1. The van der Waals surface area contributed by atoms with Gasteiger partial charge in [0, 0.05) is 15.6 Å². The zero-order valence-electron chi connectivity index (χ0n) is 15.0. The number of hydrogen-bond donors (Lipinski definition) is 0. The molecule has 0 saturated carbocycles. The van der Waals surface area contributed by atoms with Crippen molar-refractivity contribution in [3.05, 3.63) is 117 Å². The van der Waals surface area contributed by atoms with Crippen LogP contribution in [0.5, 0.6) is 0 Å². The number of carbonyl (C=O) groups excluding carboxylic acids is 1. The van der Waals surface area contributed by atoms with Crippen molar-refractivity contribution in [3.63, 3.8) is 0 Å². The van der Waals surface area contributed by atoms with Gasteiger partial charge in [-0.1, -0.05) is 89.9 Å². The van der Waals surface area contributed by atoms with E-state index in [1.54, 1.807) is 17.0 Å². The lowest BCUT2D eigenvalue weighted by Gasteiger charge is -2.20. The summed E-state index contributed by atoms with van der Waals surface area (Å²) in [5.41, 5.74) is 4.31. The number of nitrogens with zero attached hydrogens (tertiary/aromatic N) is 1. The summed E-state index contributed by atoms with van der Waals surface area (Å²) in [6, 6.07) is 25.2. The molecule has 138 valence electrons. The lowest BCUT2D eigenvalue weighted by atomic mass is 10.1. The van der Waals surface area contributed by atoms with Crippen molar-refractivity contribution in [3.8, 4) is 0 Å². The highest BCUT2D eigenvalue weighted by Crippen LogP contribution is 2.33. The quantitative estimate of drug-likeness (QED) is 0.456. The minimum atomic E-state index is -0.0475. The second kappa shape index (κ2) is 8.05. The van der Waals surface area contributed by atoms with Crippen molar-refractivity contribution in [1.82, 2.24) is 4.90 Å². The zero-order chi connectivity index (χ0) is 19.5. The Kier molecular flexibility index (Phi) is 5.34. The van der Waals surface area contributed by atoms with Crippen LogP contribution in [0.3, 0.4) is 0 Å². The van der Waals surface area contributed by atoms with E-state index in [9.17, 15) is 4.79 Å². The van der Waals surface area contributed by atoms with Crippen LogP contribution in [0.15, 0.2) is 90.5 Å². The molecule has 1 aliphatic rings. The molecule has 1 amide bonds. The molecule has 0 aromatic heterocycles. The van der Waals surface area contributed by atoms with Gasteiger partial charge in [-0.3, -0.25) is 4.79 Å². The standard InChI is InChI=1S/C24H17Cl2NO/c25-21-12-11-19(22(26)15-21)13-20-14-23(18-9-5-2-6-10-18)27(24(20)28)16-17-7-3-1-4-8-17/h1-15H,16H2/b20-13+. The summed E-state index contributed by atoms with van der Waals surface area (Å²) in [4.78, 5) is 15.0. The molecule has 28 heavy (non-hydrogen) atoms. The molecule has 0 fully saturated rings. The van der Waals surface area contributed by atoms with Crippen LogP contribution in [0.2, 0.25) is 10.0 Å². The molecule has 3 aromatic carbocycles. The van der Waals surface area contributed by atoms with Crippen molar-refractivity contribution >= 4 is 40.9 Å². The highest BCUT2D eigenvalue weighted by molar-refractivity contribution is 6.35. The van der Waals surface area contributed by atoms with Crippen LogP contribution < -0.4 is 0 Å². The molecule has 1 aliphatic heterocycles. The van der Waals surface area contributed by atoms with Gasteiger partial charge in [0.25, 0.3) is 5.91 Å². The highest BCUT2D eigenvalue weighted by Gasteiger charge is 2.29.